The summed E-state index contributed by atoms with van der Waals surface area (Å²) in [7, 11) is 1.62. The SMILES string of the molecule is COc1ccc(C#C/C(=C\c2ccccc2)C(C)=O)cc1. The Morgan fingerprint density at radius 2 is 1.71 bits per heavy atom. The molecule has 2 aromatic rings. The van der Waals surface area contributed by atoms with Crippen molar-refractivity contribution >= 4 is 11.9 Å². The topological polar surface area (TPSA) is 26.3 Å². The first-order chi connectivity index (χ1) is 10.2. The van der Waals surface area contributed by atoms with Crippen LogP contribution in [-0.4, -0.2) is 12.9 Å². The molecule has 0 aliphatic rings. The van der Waals surface area contributed by atoms with E-state index in [1.54, 1.807) is 13.2 Å². The van der Waals surface area contributed by atoms with Crippen LogP contribution in [0.3, 0.4) is 0 Å². The Morgan fingerprint density at radius 3 is 2.29 bits per heavy atom. The molecule has 2 heteroatoms. The van der Waals surface area contributed by atoms with E-state index in [0.717, 1.165) is 16.9 Å². The van der Waals surface area contributed by atoms with Crippen molar-refractivity contribution in [3.8, 4) is 17.6 Å². The number of Topliss-reactive ketones (excluding diaryl/α,β-unsaturated/α-hetero) is 1. The van der Waals surface area contributed by atoms with Crippen LogP contribution in [-0.2, 0) is 4.79 Å². The number of ketones is 1. The highest BCUT2D eigenvalue weighted by molar-refractivity contribution is 6.02. The van der Waals surface area contributed by atoms with Gasteiger partial charge in [-0.3, -0.25) is 4.79 Å². The molecule has 0 radical (unpaired) electrons. The van der Waals surface area contributed by atoms with Gasteiger partial charge in [-0.05, 0) is 42.8 Å². The van der Waals surface area contributed by atoms with Crippen LogP contribution in [0.1, 0.15) is 18.1 Å². The Balaban J connectivity index is 2.27. The highest BCUT2D eigenvalue weighted by Gasteiger charge is 2.00. The number of methoxy groups -OCH3 is 1. The van der Waals surface area contributed by atoms with Crippen LogP contribution in [0.5, 0.6) is 5.75 Å². The first kappa shape index (κ1) is 14.6. The lowest BCUT2D eigenvalue weighted by Crippen LogP contribution is -1.93. The van der Waals surface area contributed by atoms with Crippen molar-refractivity contribution in [2.45, 2.75) is 6.92 Å². The number of benzene rings is 2. The van der Waals surface area contributed by atoms with Crippen LogP contribution in [0.15, 0.2) is 60.2 Å². The molecule has 0 unspecified atom stereocenters. The third kappa shape index (κ3) is 4.36. The highest BCUT2D eigenvalue weighted by Crippen LogP contribution is 2.11. The average molecular weight is 276 g/mol. The van der Waals surface area contributed by atoms with Crippen LogP contribution in [0.2, 0.25) is 0 Å². The van der Waals surface area contributed by atoms with Gasteiger partial charge in [0.25, 0.3) is 0 Å². The fourth-order valence-electron chi connectivity index (χ4n) is 1.76. The van der Waals surface area contributed by atoms with Crippen molar-refractivity contribution in [2.75, 3.05) is 7.11 Å². The van der Waals surface area contributed by atoms with Crippen molar-refractivity contribution in [3.05, 3.63) is 71.3 Å². The van der Waals surface area contributed by atoms with Gasteiger partial charge in [-0.1, -0.05) is 42.2 Å². The van der Waals surface area contributed by atoms with E-state index in [2.05, 4.69) is 11.8 Å². The van der Waals surface area contributed by atoms with E-state index in [1.165, 1.54) is 6.92 Å². The molecule has 2 nitrogen and oxygen atoms in total. The van der Waals surface area contributed by atoms with Crippen LogP contribution < -0.4 is 4.74 Å². The molecule has 104 valence electrons. The third-order valence-corrected chi connectivity index (χ3v) is 2.92. The lowest BCUT2D eigenvalue weighted by Gasteiger charge is -1.98. The molecule has 0 spiro atoms. The Labute approximate surface area is 125 Å². The smallest absolute Gasteiger partial charge is 0.168 e. The lowest BCUT2D eigenvalue weighted by atomic mass is 10.1. The summed E-state index contributed by atoms with van der Waals surface area (Å²) in [6.45, 7) is 1.53. The molecule has 0 aliphatic heterocycles. The number of rotatable bonds is 3. The normalized spacial score (nSPS) is 10.5. The van der Waals surface area contributed by atoms with E-state index in [1.807, 2.05) is 54.6 Å². The van der Waals surface area contributed by atoms with Gasteiger partial charge in [-0.2, -0.15) is 0 Å². The Hall–Kier alpha value is -2.79. The Kier molecular flexibility index (Phi) is 4.95. The maximum absolute atomic E-state index is 11.7. The third-order valence-electron chi connectivity index (χ3n) is 2.92. The minimum atomic E-state index is -0.0418. The van der Waals surface area contributed by atoms with Crippen molar-refractivity contribution in [3.63, 3.8) is 0 Å². The molecule has 21 heavy (non-hydrogen) atoms. The number of ether oxygens (including phenoxy) is 1. The molecule has 0 heterocycles. The van der Waals surface area contributed by atoms with E-state index >= 15 is 0 Å². The van der Waals surface area contributed by atoms with Crippen molar-refractivity contribution in [1.82, 2.24) is 0 Å². The first-order valence-corrected chi connectivity index (χ1v) is 6.63. The summed E-state index contributed by atoms with van der Waals surface area (Å²) in [5.74, 6) is 6.69. The molecule has 0 atom stereocenters. The van der Waals surface area contributed by atoms with E-state index in [0.29, 0.717) is 5.57 Å². The van der Waals surface area contributed by atoms with E-state index in [-0.39, 0.29) is 5.78 Å². The quantitative estimate of drug-likeness (QED) is 0.631. The standard InChI is InChI=1S/C19H16O2/c1-15(20)18(14-17-6-4-3-5-7-17)11-8-16-9-12-19(21-2)13-10-16/h3-7,9-10,12-14H,1-2H3/b18-14+. The van der Waals surface area contributed by atoms with Crippen molar-refractivity contribution in [1.29, 1.82) is 0 Å². The molecule has 2 rings (SSSR count). The average Bonchev–Trinajstić information content (AvgIpc) is 2.52. The Morgan fingerprint density at radius 1 is 1.05 bits per heavy atom. The maximum atomic E-state index is 11.7. The zero-order chi connectivity index (χ0) is 15.1. The van der Waals surface area contributed by atoms with Gasteiger partial charge >= 0.3 is 0 Å². The molecule has 0 aliphatic carbocycles. The summed E-state index contributed by atoms with van der Waals surface area (Å²) in [5, 5.41) is 0. The van der Waals surface area contributed by atoms with E-state index < -0.39 is 0 Å². The maximum Gasteiger partial charge on any atom is 0.168 e. The zero-order valence-corrected chi connectivity index (χ0v) is 12.1. The minimum absolute atomic E-state index is 0.0418. The number of hydrogen-bond donors (Lipinski definition) is 0. The first-order valence-electron chi connectivity index (χ1n) is 6.63. The van der Waals surface area contributed by atoms with E-state index in [9.17, 15) is 4.79 Å². The molecule has 0 aromatic heterocycles. The Bertz CT molecular complexity index is 699. The fourth-order valence-corrected chi connectivity index (χ4v) is 1.76. The second-order valence-corrected chi connectivity index (χ2v) is 4.50. The largest absolute Gasteiger partial charge is 0.497 e. The number of carbonyl (C=O) groups is 1. The van der Waals surface area contributed by atoms with E-state index in [4.69, 9.17) is 4.74 Å². The van der Waals surface area contributed by atoms with Crippen molar-refractivity contribution in [2.24, 2.45) is 0 Å². The van der Waals surface area contributed by atoms with Gasteiger partial charge in [0, 0.05) is 5.56 Å². The molecule has 0 amide bonds. The van der Waals surface area contributed by atoms with Crippen molar-refractivity contribution < 1.29 is 9.53 Å². The van der Waals surface area contributed by atoms with Gasteiger partial charge < -0.3 is 4.74 Å². The predicted molar refractivity (Wildman–Crippen MR) is 85.0 cm³/mol. The summed E-state index contributed by atoms with van der Waals surface area (Å²) < 4.78 is 5.10. The molecule has 2 aromatic carbocycles. The van der Waals surface area contributed by atoms with Gasteiger partial charge in [0.15, 0.2) is 5.78 Å². The minimum Gasteiger partial charge on any atom is -0.497 e. The molecule has 0 N–H and O–H groups in total. The van der Waals surface area contributed by atoms with Crippen LogP contribution in [0.25, 0.3) is 6.08 Å². The number of carbonyl (C=O) groups excluding carboxylic acids is 1. The van der Waals surface area contributed by atoms with Crippen LogP contribution in [0.4, 0.5) is 0 Å². The predicted octanol–water partition coefficient (Wildman–Crippen LogP) is 3.72. The summed E-state index contributed by atoms with van der Waals surface area (Å²) >= 11 is 0. The molecular weight excluding hydrogens is 260 g/mol. The molecule has 0 saturated heterocycles. The van der Waals surface area contributed by atoms with Gasteiger partial charge in [-0.25, -0.2) is 0 Å². The number of hydrogen-bond acceptors (Lipinski definition) is 2. The highest BCUT2D eigenvalue weighted by atomic mass is 16.5. The van der Waals surface area contributed by atoms with Gasteiger partial charge in [0.05, 0.1) is 12.7 Å². The van der Waals surface area contributed by atoms with Gasteiger partial charge in [0.1, 0.15) is 5.75 Å². The van der Waals surface area contributed by atoms with Crippen LogP contribution in [0, 0.1) is 11.8 Å². The lowest BCUT2D eigenvalue weighted by molar-refractivity contribution is -0.113. The molecule has 0 bridgehead atoms. The zero-order valence-electron chi connectivity index (χ0n) is 12.1. The van der Waals surface area contributed by atoms with Crippen LogP contribution >= 0.6 is 0 Å². The summed E-state index contributed by atoms with van der Waals surface area (Å²) in [5.41, 5.74) is 2.31. The summed E-state index contributed by atoms with van der Waals surface area (Å²) in [4.78, 5) is 11.7. The van der Waals surface area contributed by atoms with Gasteiger partial charge in [-0.15, -0.1) is 0 Å². The molecule has 0 fully saturated rings. The van der Waals surface area contributed by atoms with Gasteiger partial charge in [0.2, 0.25) is 0 Å². The molecule has 0 saturated carbocycles. The summed E-state index contributed by atoms with van der Waals surface area (Å²) in [6.07, 6.45) is 1.80. The summed E-state index contributed by atoms with van der Waals surface area (Å²) in [6, 6.07) is 17.1. The fraction of sp³-hybridized carbons (Fsp3) is 0.105. The monoisotopic (exact) mass is 276 g/mol. The second kappa shape index (κ2) is 7.12. The number of allylic oxidation sites excluding steroid dienone is 1. The second-order valence-electron chi connectivity index (χ2n) is 4.50. The molecular formula is C19H16O2.